The molecule has 0 radical (unpaired) electrons. The van der Waals surface area contributed by atoms with Gasteiger partial charge in [0.05, 0.1) is 6.42 Å². The van der Waals surface area contributed by atoms with Crippen molar-refractivity contribution in [2.24, 2.45) is 5.73 Å². The van der Waals surface area contributed by atoms with Crippen molar-refractivity contribution in [2.45, 2.75) is 12.5 Å². The minimum absolute atomic E-state index is 0.103. The van der Waals surface area contributed by atoms with Gasteiger partial charge in [-0.05, 0) is 17.7 Å². The molecule has 0 aliphatic heterocycles. The molecule has 0 aliphatic rings. The van der Waals surface area contributed by atoms with Crippen LogP contribution in [0.2, 0.25) is 0 Å². The zero-order chi connectivity index (χ0) is 12.0. The van der Waals surface area contributed by atoms with Gasteiger partial charge >= 0.3 is 5.97 Å². The van der Waals surface area contributed by atoms with Crippen LogP contribution in [0.25, 0.3) is 0 Å². The molecule has 1 aromatic carbocycles. The lowest BCUT2D eigenvalue weighted by Crippen LogP contribution is -2.15. The molecule has 1 rings (SSSR count). The number of hydrogen-bond donors (Lipinski definition) is 2. The lowest BCUT2D eigenvalue weighted by Gasteiger charge is -2.11. The van der Waals surface area contributed by atoms with Gasteiger partial charge < -0.3 is 20.3 Å². The molecule has 0 saturated carbocycles. The van der Waals surface area contributed by atoms with E-state index in [2.05, 4.69) is 0 Å². The number of hydrogen-bond acceptors (Lipinski definition) is 4. The maximum absolute atomic E-state index is 10.5. The standard InChI is InChI=1S/C11H15NO4/c1-15-7-16-9-4-2-3-8(5-9)10(12)6-11(13)14/h2-5,10H,6-7,12H2,1H3,(H,13,14)/t10-/m0/s1. The van der Waals surface area contributed by atoms with Gasteiger partial charge in [0.15, 0.2) is 6.79 Å². The number of ether oxygens (including phenoxy) is 2. The summed E-state index contributed by atoms with van der Waals surface area (Å²) in [7, 11) is 1.53. The van der Waals surface area contributed by atoms with Crippen LogP contribution in [0.5, 0.6) is 5.75 Å². The molecule has 0 heterocycles. The van der Waals surface area contributed by atoms with Crippen molar-refractivity contribution < 1.29 is 19.4 Å². The van der Waals surface area contributed by atoms with E-state index in [9.17, 15) is 4.79 Å². The molecule has 0 bridgehead atoms. The molecule has 0 aromatic heterocycles. The Hall–Kier alpha value is -1.59. The molecule has 3 N–H and O–H groups in total. The highest BCUT2D eigenvalue weighted by atomic mass is 16.7. The summed E-state index contributed by atoms with van der Waals surface area (Å²) >= 11 is 0. The number of carboxylic acid groups (broad SMARTS) is 1. The quantitative estimate of drug-likeness (QED) is 0.709. The molecule has 88 valence electrons. The first-order chi connectivity index (χ1) is 7.63. The van der Waals surface area contributed by atoms with E-state index in [4.69, 9.17) is 20.3 Å². The summed E-state index contributed by atoms with van der Waals surface area (Å²) in [5, 5.41) is 8.62. The number of carbonyl (C=O) groups is 1. The van der Waals surface area contributed by atoms with Gasteiger partial charge in [-0.15, -0.1) is 0 Å². The fraction of sp³-hybridized carbons (Fsp3) is 0.364. The third-order valence-electron chi connectivity index (χ3n) is 2.02. The Kier molecular flexibility index (Phi) is 4.75. The molecule has 1 atom stereocenters. The first kappa shape index (κ1) is 12.5. The highest BCUT2D eigenvalue weighted by Gasteiger charge is 2.10. The Morgan fingerprint density at radius 3 is 2.94 bits per heavy atom. The second kappa shape index (κ2) is 6.09. The van der Waals surface area contributed by atoms with Crippen LogP contribution in [0.1, 0.15) is 18.0 Å². The lowest BCUT2D eigenvalue weighted by molar-refractivity contribution is -0.137. The summed E-state index contributed by atoms with van der Waals surface area (Å²) in [4.78, 5) is 10.5. The highest BCUT2D eigenvalue weighted by Crippen LogP contribution is 2.19. The van der Waals surface area contributed by atoms with Gasteiger partial charge in [0.1, 0.15) is 5.75 Å². The lowest BCUT2D eigenvalue weighted by atomic mass is 10.0. The highest BCUT2D eigenvalue weighted by molar-refractivity contribution is 5.67. The third kappa shape index (κ3) is 3.88. The molecule has 1 aromatic rings. The average molecular weight is 225 g/mol. The summed E-state index contributed by atoms with van der Waals surface area (Å²) in [6, 6.07) is 6.49. The first-order valence-electron chi connectivity index (χ1n) is 4.82. The molecule has 0 unspecified atom stereocenters. The Morgan fingerprint density at radius 2 is 2.31 bits per heavy atom. The zero-order valence-electron chi connectivity index (χ0n) is 9.05. The Balaban J connectivity index is 2.69. The second-order valence-electron chi connectivity index (χ2n) is 3.33. The number of nitrogens with two attached hydrogens (primary N) is 1. The van der Waals surface area contributed by atoms with Gasteiger partial charge in [0.2, 0.25) is 0 Å². The number of benzene rings is 1. The van der Waals surface area contributed by atoms with Gasteiger partial charge in [-0.3, -0.25) is 4.79 Å². The molecule has 16 heavy (non-hydrogen) atoms. The van der Waals surface area contributed by atoms with Crippen LogP contribution in [0.3, 0.4) is 0 Å². The van der Waals surface area contributed by atoms with Crippen LogP contribution in [0, 0.1) is 0 Å². The minimum Gasteiger partial charge on any atom is -0.481 e. The fourth-order valence-electron chi connectivity index (χ4n) is 1.27. The first-order valence-corrected chi connectivity index (χ1v) is 4.82. The summed E-state index contributed by atoms with van der Waals surface area (Å²) in [5.41, 5.74) is 6.46. The van der Waals surface area contributed by atoms with E-state index in [-0.39, 0.29) is 13.2 Å². The van der Waals surface area contributed by atoms with Crippen molar-refractivity contribution in [2.75, 3.05) is 13.9 Å². The van der Waals surface area contributed by atoms with Gasteiger partial charge in [0.25, 0.3) is 0 Å². The molecular weight excluding hydrogens is 210 g/mol. The predicted molar refractivity (Wildman–Crippen MR) is 58.1 cm³/mol. The number of rotatable bonds is 6. The SMILES string of the molecule is COCOc1cccc([C@@H](N)CC(=O)O)c1. The van der Waals surface area contributed by atoms with Crippen LogP contribution in [0.4, 0.5) is 0 Å². The monoisotopic (exact) mass is 225 g/mol. The van der Waals surface area contributed by atoms with Gasteiger partial charge in [-0.1, -0.05) is 12.1 Å². The van der Waals surface area contributed by atoms with Crippen LogP contribution >= 0.6 is 0 Å². The summed E-state index contributed by atoms with van der Waals surface area (Å²) in [6.45, 7) is 0.150. The summed E-state index contributed by atoms with van der Waals surface area (Å²) < 4.78 is 9.99. The molecule has 0 amide bonds. The molecule has 0 spiro atoms. The Morgan fingerprint density at radius 1 is 1.56 bits per heavy atom. The third-order valence-corrected chi connectivity index (χ3v) is 2.02. The van der Waals surface area contributed by atoms with E-state index < -0.39 is 12.0 Å². The Bertz CT molecular complexity index is 354. The Labute approximate surface area is 93.8 Å². The normalized spacial score (nSPS) is 12.1. The number of aliphatic carboxylic acids is 1. The van der Waals surface area contributed by atoms with E-state index in [1.807, 2.05) is 0 Å². The van der Waals surface area contributed by atoms with E-state index in [0.717, 1.165) is 5.56 Å². The molecule has 0 fully saturated rings. The van der Waals surface area contributed by atoms with Crippen LogP contribution in [0.15, 0.2) is 24.3 Å². The van der Waals surface area contributed by atoms with E-state index >= 15 is 0 Å². The smallest absolute Gasteiger partial charge is 0.305 e. The average Bonchev–Trinajstić information content (AvgIpc) is 2.26. The molecule has 0 aliphatic carbocycles. The van der Waals surface area contributed by atoms with Crippen molar-refractivity contribution >= 4 is 5.97 Å². The van der Waals surface area contributed by atoms with Crippen LogP contribution < -0.4 is 10.5 Å². The topological polar surface area (TPSA) is 81.8 Å². The van der Waals surface area contributed by atoms with E-state index in [1.54, 1.807) is 24.3 Å². The maximum Gasteiger partial charge on any atom is 0.305 e. The zero-order valence-corrected chi connectivity index (χ0v) is 9.05. The van der Waals surface area contributed by atoms with Crippen molar-refractivity contribution in [1.29, 1.82) is 0 Å². The molecular formula is C11H15NO4. The van der Waals surface area contributed by atoms with Crippen molar-refractivity contribution in [3.63, 3.8) is 0 Å². The number of carboxylic acids is 1. The van der Waals surface area contributed by atoms with Gasteiger partial charge in [-0.2, -0.15) is 0 Å². The van der Waals surface area contributed by atoms with E-state index in [1.165, 1.54) is 7.11 Å². The summed E-state index contributed by atoms with van der Waals surface area (Å²) in [5.74, 6) is -0.309. The van der Waals surface area contributed by atoms with Crippen molar-refractivity contribution in [3.8, 4) is 5.75 Å². The van der Waals surface area contributed by atoms with Gasteiger partial charge in [-0.25, -0.2) is 0 Å². The molecule has 5 heteroatoms. The summed E-state index contributed by atoms with van der Waals surface area (Å²) in [6.07, 6.45) is -0.103. The van der Waals surface area contributed by atoms with Gasteiger partial charge in [0, 0.05) is 13.2 Å². The maximum atomic E-state index is 10.5. The largest absolute Gasteiger partial charge is 0.481 e. The second-order valence-corrected chi connectivity index (χ2v) is 3.33. The predicted octanol–water partition coefficient (Wildman–Crippen LogP) is 1.14. The van der Waals surface area contributed by atoms with Crippen molar-refractivity contribution in [3.05, 3.63) is 29.8 Å². The molecule has 0 saturated heterocycles. The minimum atomic E-state index is -0.921. The van der Waals surface area contributed by atoms with Crippen LogP contribution in [-0.4, -0.2) is 25.0 Å². The fourth-order valence-corrected chi connectivity index (χ4v) is 1.27. The van der Waals surface area contributed by atoms with Crippen molar-refractivity contribution in [1.82, 2.24) is 0 Å². The van der Waals surface area contributed by atoms with E-state index in [0.29, 0.717) is 5.75 Å². The number of methoxy groups -OCH3 is 1. The van der Waals surface area contributed by atoms with Crippen LogP contribution in [-0.2, 0) is 9.53 Å². The molecule has 5 nitrogen and oxygen atoms in total.